The summed E-state index contributed by atoms with van der Waals surface area (Å²) in [6.45, 7) is 5.90. The standard InChI is InChI=1S/C27H38N2O4.C16H10ClN3O3S/c1-20(2)27(19-28,22-10-12-24(31-5)26(18-22)33-7)14-8-15-29(3)16-13-21-9-11-23(30-4)25(17-21)32-6;17-9-5-6-11-12(7-9)23-16(22)20(11)8-14(21)19-15-18-10-3-1-2-4-13(10)24-15/h9-12,17-18,20H,8,13-16H2,1-7H3;1-7H,8H2,(H,18,19,21). The van der Waals surface area contributed by atoms with Gasteiger partial charge in [-0.3, -0.25) is 9.36 Å². The van der Waals surface area contributed by atoms with Crippen molar-refractivity contribution in [2.75, 3.05) is 53.9 Å². The van der Waals surface area contributed by atoms with E-state index in [-0.39, 0.29) is 18.4 Å². The molecule has 12 nitrogen and oxygen atoms in total. The lowest BCUT2D eigenvalue weighted by Gasteiger charge is -2.32. The third-order valence-corrected chi connectivity index (χ3v) is 11.1. The quantitative estimate of drug-likeness (QED) is 0.101. The zero-order valence-electron chi connectivity index (χ0n) is 33.3. The summed E-state index contributed by atoms with van der Waals surface area (Å²) in [5.74, 6) is 2.03. The summed E-state index contributed by atoms with van der Waals surface area (Å²) >= 11 is 7.25. The largest absolute Gasteiger partial charge is 0.493 e. The van der Waals surface area contributed by atoms with Crippen molar-refractivity contribution in [1.82, 2.24) is 14.5 Å². The molecule has 300 valence electrons. The number of thiazole rings is 1. The summed E-state index contributed by atoms with van der Waals surface area (Å²) in [4.78, 5) is 30.8. The van der Waals surface area contributed by atoms with Crippen molar-refractivity contribution < 1.29 is 28.2 Å². The van der Waals surface area contributed by atoms with Crippen LogP contribution < -0.4 is 30.0 Å². The number of carbonyl (C=O) groups excluding carboxylic acids is 1. The van der Waals surface area contributed by atoms with Gasteiger partial charge in [0, 0.05) is 17.6 Å². The lowest BCUT2D eigenvalue weighted by Crippen LogP contribution is -2.32. The van der Waals surface area contributed by atoms with Gasteiger partial charge in [-0.05, 0) is 98.4 Å². The number of nitrogens with zero attached hydrogens (tertiary/aromatic N) is 4. The first-order chi connectivity index (χ1) is 27.4. The fraction of sp³-hybridized carbons (Fsp3) is 0.349. The number of hydrogen-bond acceptors (Lipinski definition) is 11. The summed E-state index contributed by atoms with van der Waals surface area (Å²) in [5.41, 5.74) is 3.29. The molecule has 6 rings (SSSR count). The van der Waals surface area contributed by atoms with Gasteiger partial charge in [0.1, 0.15) is 6.54 Å². The number of benzene rings is 4. The van der Waals surface area contributed by atoms with Gasteiger partial charge in [0.15, 0.2) is 33.7 Å². The van der Waals surface area contributed by atoms with Gasteiger partial charge in [0.05, 0.1) is 55.7 Å². The predicted octanol–water partition coefficient (Wildman–Crippen LogP) is 8.59. The summed E-state index contributed by atoms with van der Waals surface area (Å²) in [5, 5.41) is 13.9. The van der Waals surface area contributed by atoms with Crippen LogP contribution in [0, 0.1) is 17.2 Å². The molecular weight excluding hydrogens is 766 g/mol. The highest BCUT2D eigenvalue weighted by Crippen LogP contribution is 2.40. The number of methoxy groups -OCH3 is 4. The molecule has 0 fully saturated rings. The van der Waals surface area contributed by atoms with Gasteiger partial charge >= 0.3 is 5.76 Å². The molecule has 6 aromatic rings. The Balaban J connectivity index is 0.000000227. The molecule has 1 unspecified atom stereocenters. The number of fused-ring (bicyclic) bond motifs is 2. The summed E-state index contributed by atoms with van der Waals surface area (Å²) < 4.78 is 28.9. The molecule has 0 saturated carbocycles. The summed E-state index contributed by atoms with van der Waals surface area (Å²) in [7, 11) is 8.67. The van der Waals surface area contributed by atoms with E-state index < -0.39 is 11.2 Å². The minimum Gasteiger partial charge on any atom is -0.493 e. The SMILES string of the molecule is COc1ccc(CCN(C)CCCC(C#N)(c2ccc(OC)c(OC)c2)C(C)C)cc1OC.O=C(Cn1c(=O)oc2cc(Cl)ccc21)Nc1nc2ccccc2s1. The predicted molar refractivity (Wildman–Crippen MR) is 225 cm³/mol. The third kappa shape index (κ3) is 10.3. The maximum atomic E-state index is 12.2. The lowest BCUT2D eigenvalue weighted by atomic mass is 9.69. The highest BCUT2D eigenvalue weighted by Gasteiger charge is 2.36. The Labute approximate surface area is 341 Å². The molecule has 0 saturated heterocycles. The van der Waals surface area contributed by atoms with Crippen LogP contribution in [-0.2, 0) is 23.2 Å². The van der Waals surface area contributed by atoms with Crippen LogP contribution in [0.25, 0.3) is 21.3 Å². The van der Waals surface area contributed by atoms with E-state index in [4.69, 9.17) is 35.0 Å². The molecule has 0 aliphatic carbocycles. The zero-order valence-corrected chi connectivity index (χ0v) is 34.8. The van der Waals surface area contributed by atoms with Gasteiger partial charge in [-0.2, -0.15) is 5.26 Å². The van der Waals surface area contributed by atoms with Crippen LogP contribution in [0.3, 0.4) is 0 Å². The molecule has 2 heterocycles. The van der Waals surface area contributed by atoms with Gasteiger partial charge in [0.2, 0.25) is 5.91 Å². The minimum atomic E-state index is -0.605. The number of carbonyl (C=O) groups is 1. The molecule has 0 radical (unpaired) electrons. The molecule has 57 heavy (non-hydrogen) atoms. The fourth-order valence-electron chi connectivity index (χ4n) is 6.64. The molecule has 0 spiro atoms. The average molecular weight is 814 g/mol. The Hall–Kier alpha value is -5.55. The van der Waals surface area contributed by atoms with Gasteiger partial charge in [-0.25, -0.2) is 9.78 Å². The second-order valence-corrected chi connectivity index (χ2v) is 15.2. The molecular formula is C43H48ClN5O7S. The number of likely N-dealkylation sites (N-methyl/N-ethyl adjacent to an activating group) is 1. The Kier molecular flexibility index (Phi) is 14.6. The van der Waals surface area contributed by atoms with E-state index in [0.717, 1.165) is 59.6 Å². The van der Waals surface area contributed by atoms with E-state index in [1.165, 1.54) is 21.5 Å². The number of nitriles is 1. The van der Waals surface area contributed by atoms with E-state index >= 15 is 0 Å². The number of halogens is 1. The molecule has 14 heteroatoms. The lowest BCUT2D eigenvalue weighted by molar-refractivity contribution is -0.116. The molecule has 0 aliphatic rings. The third-order valence-electron chi connectivity index (χ3n) is 9.90. The minimum absolute atomic E-state index is 0.163. The van der Waals surface area contributed by atoms with Crippen LogP contribution in [-0.4, -0.2) is 68.9 Å². The van der Waals surface area contributed by atoms with Crippen LogP contribution in [0.15, 0.2) is 88.1 Å². The highest BCUT2D eigenvalue weighted by atomic mass is 35.5. The molecule has 0 aliphatic heterocycles. The first-order valence-corrected chi connectivity index (χ1v) is 19.6. The van der Waals surface area contributed by atoms with Gasteiger partial charge < -0.3 is 33.6 Å². The number of nitrogens with one attached hydrogen (secondary N) is 1. The second-order valence-electron chi connectivity index (χ2n) is 13.8. The number of oxazole rings is 1. The number of rotatable bonds is 16. The monoisotopic (exact) mass is 813 g/mol. The van der Waals surface area contributed by atoms with Crippen molar-refractivity contribution in [3.8, 4) is 29.1 Å². The molecule has 1 N–H and O–H groups in total. The maximum absolute atomic E-state index is 12.2. The van der Waals surface area contributed by atoms with Crippen molar-refractivity contribution in [3.05, 3.63) is 106 Å². The Morgan fingerprint density at radius 1 is 0.947 bits per heavy atom. The number of ether oxygens (including phenoxy) is 4. The van der Waals surface area contributed by atoms with Crippen molar-refractivity contribution in [2.24, 2.45) is 5.92 Å². The van der Waals surface area contributed by atoms with Crippen LogP contribution in [0.2, 0.25) is 5.02 Å². The van der Waals surface area contributed by atoms with Crippen LogP contribution in [0.1, 0.15) is 37.8 Å². The van der Waals surface area contributed by atoms with Gasteiger partial charge in [0.25, 0.3) is 0 Å². The number of hydrogen-bond donors (Lipinski definition) is 1. The Bertz CT molecular complexity index is 2370. The van der Waals surface area contributed by atoms with Gasteiger partial charge in [-0.1, -0.05) is 61.1 Å². The summed E-state index contributed by atoms with van der Waals surface area (Å²) in [6, 6.07) is 26.9. The van der Waals surface area contributed by atoms with Crippen molar-refractivity contribution in [3.63, 3.8) is 0 Å². The zero-order chi connectivity index (χ0) is 41.1. The smallest absolute Gasteiger partial charge is 0.420 e. The number of aromatic nitrogens is 2. The second kappa shape index (κ2) is 19.5. The van der Waals surface area contributed by atoms with E-state index in [9.17, 15) is 14.9 Å². The first kappa shape index (κ1) is 42.6. The topological polar surface area (TPSA) is 141 Å². The number of amides is 1. The number of anilines is 1. The van der Waals surface area contributed by atoms with E-state index in [1.54, 1.807) is 46.6 Å². The first-order valence-electron chi connectivity index (χ1n) is 18.4. The summed E-state index contributed by atoms with van der Waals surface area (Å²) in [6.07, 6.45) is 2.61. The maximum Gasteiger partial charge on any atom is 0.420 e. The van der Waals surface area contributed by atoms with Gasteiger partial charge in [-0.15, -0.1) is 0 Å². The normalized spacial score (nSPS) is 12.2. The van der Waals surface area contributed by atoms with E-state index in [1.807, 2.05) is 54.6 Å². The van der Waals surface area contributed by atoms with Crippen molar-refractivity contribution >= 4 is 55.3 Å². The Morgan fingerprint density at radius 2 is 1.63 bits per heavy atom. The van der Waals surface area contributed by atoms with E-state index in [0.29, 0.717) is 32.8 Å². The van der Waals surface area contributed by atoms with Crippen LogP contribution >= 0.6 is 22.9 Å². The van der Waals surface area contributed by atoms with E-state index in [2.05, 4.69) is 48.2 Å². The average Bonchev–Trinajstić information content (AvgIpc) is 3.76. The molecule has 1 atom stereocenters. The molecule has 4 aromatic carbocycles. The molecule has 1 amide bonds. The fourth-order valence-corrected chi connectivity index (χ4v) is 7.69. The van der Waals surface area contributed by atoms with Crippen LogP contribution in [0.5, 0.6) is 23.0 Å². The van der Waals surface area contributed by atoms with Crippen molar-refractivity contribution in [1.29, 1.82) is 5.26 Å². The van der Waals surface area contributed by atoms with Crippen LogP contribution in [0.4, 0.5) is 5.13 Å². The molecule has 0 bridgehead atoms. The molecule has 2 aromatic heterocycles. The highest BCUT2D eigenvalue weighted by molar-refractivity contribution is 7.22. The number of para-hydroxylation sites is 1. The Morgan fingerprint density at radius 3 is 2.30 bits per heavy atom. The van der Waals surface area contributed by atoms with Crippen molar-refractivity contribution in [2.45, 2.75) is 45.1 Å².